The van der Waals surface area contributed by atoms with Gasteiger partial charge in [0.1, 0.15) is 5.82 Å². The minimum Gasteiger partial charge on any atom is -0.478 e. The van der Waals surface area contributed by atoms with Gasteiger partial charge < -0.3 is 20.3 Å². The van der Waals surface area contributed by atoms with Crippen LogP contribution in [0.15, 0.2) is 35.0 Å². The molecule has 0 radical (unpaired) electrons. The number of benzene rings is 1. The van der Waals surface area contributed by atoms with Gasteiger partial charge in [-0.25, -0.2) is 14.0 Å². The van der Waals surface area contributed by atoms with Gasteiger partial charge in [-0.05, 0) is 18.2 Å². The normalized spacial score (nSPS) is 10.1. The number of carboxylic acid groups (broad SMARTS) is 1. The molecule has 2 rings (SSSR count). The number of nitrogens with zero attached hydrogens (tertiary/aromatic N) is 1. The minimum atomic E-state index is -1.34. The Kier molecular flexibility index (Phi) is 3.94. The van der Waals surface area contributed by atoms with Gasteiger partial charge >= 0.3 is 12.0 Å². The summed E-state index contributed by atoms with van der Waals surface area (Å²) in [6.07, 6.45) is 1.43. The Morgan fingerprint density at radius 1 is 1.35 bits per heavy atom. The van der Waals surface area contributed by atoms with Crippen molar-refractivity contribution in [2.75, 3.05) is 5.32 Å². The van der Waals surface area contributed by atoms with Gasteiger partial charge in [0.2, 0.25) is 0 Å². The lowest BCUT2D eigenvalue weighted by molar-refractivity contribution is 0.0697. The number of rotatable bonds is 4. The minimum absolute atomic E-state index is 0.00558. The van der Waals surface area contributed by atoms with Gasteiger partial charge in [0.05, 0.1) is 24.0 Å². The SMILES string of the molecule is O=C(NCc1ccno1)Nc1ccc(F)cc1C(=O)O. The zero-order chi connectivity index (χ0) is 14.5. The maximum atomic E-state index is 13.0. The molecule has 3 N–H and O–H groups in total. The second kappa shape index (κ2) is 5.83. The third-order valence-electron chi connectivity index (χ3n) is 2.37. The molecule has 1 aromatic heterocycles. The maximum Gasteiger partial charge on any atom is 0.337 e. The van der Waals surface area contributed by atoms with E-state index in [2.05, 4.69) is 15.8 Å². The summed E-state index contributed by atoms with van der Waals surface area (Å²) in [6.45, 7) is 0.0927. The van der Waals surface area contributed by atoms with Crippen LogP contribution in [0, 0.1) is 5.82 Å². The van der Waals surface area contributed by atoms with E-state index in [1.54, 1.807) is 6.07 Å². The van der Waals surface area contributed by atoms with E-state index in [1.807, 2.05) is 0 Å². The molecule has 0 atom stereocenters. The summed E-state index contributed by atoms with van der Waals surface area (Å²) in [7, 11) is 0. The largest absolute Gasteiger partial charge is 0.478 e. The molecule has 0 saturated heterocycles. The van der Waals surface area contributed by atoms with Gasteiger partial charge in [0, 0.05) is 6.07 Å². The molecule has 2 amide bonds. The fraction of sp³-hybridized carbons (Fsp3) is 0.0833. The molecular weight excluding hydrogens is 269 g/mol. The first-order valence-corrected chi connectivity index (χ1v) is 5.53. The second-order valence-corrected chi connectivity index (χ2v) is 3.78. The molecule has 0 spiro atoms. The predicted octanol–water partition coefficient (Wildman–Crippen LogP) is 1.83. The van der Waals surface area contributed by atoms with Gasteiger partial charge in [-0.2, -0.15) is 0 Å². The number of hydrogen-bond donors (Lipinski definition) is 3. The number of carbonyl (C=O) groups excluding carboxylic acids is 1. The van der Waals surface area contributed by atoms with Crippen molar-refractivity contribution < 1.29 is 23.6 Å². The molecule has 0 aliphatic carbocycles. The first-order valence-electron chi connectivity index (χ1n) is 5.53. The lowest BCUT2D eigenvalue weighted by Gasteiger charge is -2.09. The summed E-state index contributed by atoms with van der Waals surface area (Å²) in [5.41, 5.74) is -0.339. The van der Waals surface area contributed by atoms with Crippen LogP contribution in [-0.4, -0.2) is 22.3 Å². The van der Waals surface area contributed by atoms with E-state index < -0.39 is 17.8 Å². The number of halogens is 1. The van der Waals surface area contributed by atoms with Crippen molar-refractivity contribution in [1.29, 1.82) is 0 Å². The Labute approximate surface area is 112 Å². The molecule has 0 unspecified atom stereocenters. The standard InChI is InChI=1S/C12H10FN3O4/c13-7-1-2-10(9(5-7)11(17)18)16-12(19)14-6-8-3-4-15-20-8/h1-5H,6H2,(H,17,18)(H2,14,16,19). The lowest BCUT2D eigenvalue weighted by atomic mass is 10.2. The van der Waals surface area contributed by atoms with Gasteiger partial charge in [0.15, 0.2) is 5.76 Å². The first-order chi connectivity index (χ1) is 9.56. The van der Waals surface area contributed by atoms with Crippen molar-refractivity contribution in [3.05, 3.63) is 47.6 Å². The number of amides is 2. The zero-order valence-electron chi connectivity index (χ0n) is 10.1. The topological polar surface area (TPSA) is 104 Å². The number of anilines is 1. The van der Waals surface area contributed by atoms with E-state index in [1.165, 1.54) is 12.3 Å². The Balaban J connectivity index is 2.02. The number of carboxylic acids is 1. The Morgan fingerprint density at radius 3 is 2.80 bits per heavy atom. The van der Waals surface area contributed by atoms with E-state index in [0.29, 0.717) is 5.76 Å². The highest BCUT2D eigenvalue weighted by molar-refractivity contribution is 5.99. The fourth-order valence-electron chi connectivity index (χ4n) is 1.47. The van der Waals surface area contributed by atoms with Crippen LogP contribution in [0.3, 0.4) is 0 Å². The zero-order valence-corrected chi connectivity index (χ0v) is 10.1. The smallest absolute Gasteiger partial charge is 0.337 e. The molecule has 2 aromatic rings. The molecule has 7 nitrogen and oxygen atoms in total. The van der Waals surface area contributed by atoms with Crippen LogP contribution in [0.4, 0.5) is 14.9 Å². The average Bonchev–Trinajstić information content (AvgIpc) is 2.91. The third-order valence-corrected chi connectivity index (χ3v) is 2.37. The molecule has 0 bridgehead atoms. The molecule has 104 valence electrons. The molecule has 1 aromatic carbocycles. The summed E-state index contributed by atoms with van der Waals surface area (Å²) in [5, 5.41) is 17.2. The monoisotopic (exact) mass is 279 g/mol. The summed E-state index contributed by atoms with van der Waals surface area (Å²) in [4.78, 5) is 22.5. The van der Waals surface area contributed by atoms with E-state index in [9.17, 15) is 14.0 Å². The summed E-state index contributed by atoms with van der Waals surface area (Å²) in [6, 6.07) is 3.98. The number of aromatic nitrogens is 1. The van der Waals surface area contributed by atoms with Crippen molar-refractivity contribution in [3.63, 3.8) is 0 Å². The summed E-state index contributed by atoms with van der Waals surface area (Å²) >= 11 is 0. The van der Waals surface area contributed by atoms with Crippen molar-refractivity contribution >= 4 is 17.7 Å². The highest BCUT2D eigenvalue weighted by Gasteiger charge is 2.13. The van der Waals surface area contributed by atoms with Crippen LogP contribution in [-0.2, 0) is 6.54 Å². The number of carbonyl (C=O) groups is 2. The number of aromatic carboxylic acids is 1. The molecule has 0 aliphatic rings. The van der Waals surface area contributed by atoms with Crippen LogP contribution in [0.1, 0.15) is 16.1 Å². The van der Waals surface area contributed by atoms with Gasteiger partial charge in [-0.3, -0.25) is 0 Å². The van der Waals surface area contributed by atoms with E-state index in [-0.39, 0.29) is 17.8 Å². The first kappa shape index (κ1) is 13.5. The highest BCUT2D eigenvalue weighted by atomic mass is 19.1. The fourth-order valence-corrected chi connectivity index (χ4v) is 1.47. The maximum absolute atomic E-state index is 13.0. The second-order valence-electron chi connectivity index (χ2n) is 3.78. The lowest BCUT2D eigenvalue weighted by Crippen LogP contribution is -2.28. The molecule has 20 heavy (non-hydrogen) atoms. The average molecular weight is 279 g/mol. The summed E-state index contributed by atoms with van der Waals surface area (Å²) in [5.74, 6) is -1.59. The van der Waals surface area contributed by atoms with Crippen molar-refractivity contribution in [3.8, 4) is 0 Å². The quantitative estimate of drug-likeness (QED) is 0.792. The van der Waals surface area contributed by atoms with E-state index >= 15 is 0 Å². The Morgan fingerprint density at radius 2 is 2.15 bits per heavy atom. The molecule has 0 aliphatic heterocycles. The highest BCUT2D eigenvalue weighted by Crippen LogP contribution is 2.17. The number of hydrogen-bond acceptors (Lipinski definition) is 4. The van der Waals surface area contributed by atoms with E-state index in [0.717, 1.165) is 12.1 Å². The van der Waals surface area contributed by atoms with Crippen LogP contribution < -0.4 is 10.6 Å². The molecule has 1 heterocycles. The molecular formula is C12H10FN3O4. The predicted molar refractivity (Wildman–Crippen MR) is 65.7 cm³/mol. The number of nitrogens with one attached hydrogen (secondary N) is 2. The molecule has 0 saturated carbocycles. The summed E-state index contributed by atoms with van der Waals surface area (Å²) < 4.78 is 17.7. The van der Waals surface area contributed by atoms with E-state index in [4.69, 9.17) is 9.63 Å². The van der Waals surface area contributed by atoms with Gasteiger partial charge in [-0.15, -0.1) is 0 Å². The third kappa shape index (κ3) is 3.31. The Bertz CT molecular complexity index is 628. The molecule has 0 fully saturated rings. The van der Waals surface area contributed by atoms with Crippen molar-refractivity contribution in [2.24, 2.45) is 0 Å². The van der Waals surface area contributed by atoms with Crippen LogP contribution in [0.25, 0.3) is 0 Å². The van der Waals surface area contributed by atoms with Gasteiger partial charge in [0.25, 0.3) is 0 Å². The van der Waals surface area contributed by atoms with Crippen molar-refractivity contribution in [1.82, 2.24) is 10.5 Å². The Hall–Kier alpha value is -2.90. The van der Waals surface area contributed by atoms with Crippen LogP contribution in [0.2, 0.25) is 0 Å². The molecule has 8 heteroatoms. The number of urea groups is 1. The van der Waals surface area contributed by atoms with Crippen LogP contribution in [0.5, 0.6) is 0 Å². The van der Waals surface area contributed by atoms with Crippen molar-refractivity contribution in [2.45, 2.75) is 6.54 Å². The van der Waals surface area contributed by atoms with Crippen LogP contribution >= 0.6 is 0 Å². The van der Waals surface area contributed by atoms with Gasteiger partial charge in [-0.1, -0.05) is 5.16 Å².